The highest BCUT2D eigenvalue weighted by Crippen LogP contribution is 2.09. The predicted octanol–water partition coefficient (Wildman–Crippen LogP) is 2.12. The molecule has 1 aromatic rings. The standard InChI is InChI=1S/C12H17NO2S/c1-10(14)5-6-12(15)13(2)8-7-11-4-3-9-16-11/h3-4,9H,5-8H2,1-2H3. The number of carbonyl (C=O) groups is 2. The molecule has 16 heavy (non-hydrogen) atoms. The Morgan fingerprint density at radius 1 is 1.38 bits per heavy atom. The van der Waals surface area contributed by atoms with Gasteiger partial charge in [-0.25, -0.2) is 0 Å². The molecule has 0 unspecified atom stereocenters. The van der Waals surface area contributed by atoms with Gasteiger partial charge >= 0.3 is 0 Å². The number of carbonyl (C=O) groups excluding carboxylic acids is 2. The summed E-state index contributed by atoms with van der Waals surface area (Å²) >= 11 is 1.70. The maximum atomic E-state index is 11.6. The lowest BCUT2D eigenvalue weighted by Gasteiger charge is -2.16. The van der Waals surface area contributed by atoms with E-state index in [2.05, 4.69) is 6.07 Å². The molecule has 88 valence electrons. The van der Waals surface area contributed by atoms with Crippen LogP contribution in [-0.2, 0) is 16.0 Å². The molecule has 0 bridgehead atoms. The molecule has 1 aromatic heterocycles. The molecule has 1 heterocycles. The fourth-order valence-corrected chi connectivity index (χ4v) is 2.03. The first kappa shape index (κ1) is 12.9. The number of amides is 1. The van der Waals surface area contributed by atoms with E-state index in [0.29, 0.717) is 12.8 Å². The Morgan fingerprint density at radius 2 is 2.12 bits per heavy atom. The smallest absolute Gasteiger partial charge is 0.222 e. The summed E-state index contributed by atoms with van der Waals surface area (Å²) in [5.74, 6) is 0.117. The van der Waals surface area contributed by atoms with Crippen LogP contribution in [0.1, 0.15) is 24.6 Å². The second kappa shape index (κ2) is 6.43. The van der Waals surface area contributed by atoms with Gasteiger partial charge in [-0.15, -0.1) is 11.3 Å². The van der Waals surface area contributed by atoms with Gasteiger partial charge in [0.25, 0.3) is 0 Å². The van der Waals surface area contributed by atoms with Crippen LogP contribution in [-0.4, -0.2) is 30.2 Å². The highest BCUT2D eigenvalue weighted by Gasteiger charge is 2.09. The molecule has 0 radical (unpaired) electrons. The number of hydrogen-bond donors (Lipinski definition) is 0. The maximum Gasteiger partial charge on any atom is 0.222 e. The van der Waals surface area contributed by atoms with Crippen molar-refractivity contribution in [2.75, 3.05) is 13.6 Å². The van der Waals surface area contributed by atoms with Crippen LogP contribution in [0.5, 0.6) is 0 Å². The summed E-state index contributed by atoms with van der Waals surface area (Å²) in [5.41, 5.74) is 0. The molecule has 0 aliphatic heterocycles. The minimum absolute atomic E-state index is 0.0479. The predicted molar refractivity (Wildman–Crippen MR) is 65.6 cm³/mol. The number of likely N-dealkylation sites (N-methyl/N-ethyl adjacent to an activating group) is 1. The quantitative estimate of drug-likeness (QED) is 0.762. The Bertz CT molecular complexity index is 346. The van der Waals surface area contributed by atoms with Crippen molar-refractivity contribution >= 4 is 23.0 Å². The van der Waals surface area contributed by atoms with Crippen LogP contribution in [0.2, 0.25) is 0 Å². The monoisotopic (exact) mass is 239 g/mol. The minimum Gasteiger partial charge on any atom is -0.345 e. The fourth-order valence-electron chi connectivity index (χ4n) is 1.33. The summed E-state index contributed by atoms with van der Waals surface area (Å²) in [5, 5.41) is 2.03. The molecule has 1 amide bonds. The average Bonchev–Trinajstić information content (AvgIpc) is 2.75. The third kappa shape index (κ3) is 4.57. The SMILES string of the molecule is CC(=O)CCC(=O)N(C)CCc1cccs1. The maximum absolute atomic E-state index is 11.6. The number of ketones is 1. The van der Waals surface area contributed by atoms with Crippen LogP contribution in [0.15, 0.2) is 17.5 Å². The number of thiophene rings is 1. The molecule has 0 N–H and O–H groups in total. The van der Waals surface area contributed by atoms with E-state index in [9.17, 15) is 9.59 Å². The molecule has 0 spiro atoms. The third-order valence-electron chi connectivity index (χ3n) is 2.39. The third-order valence-corrected chi connectivity index (χ3v) is 3.33. The van der Waals surface area contributed by atoms with Gasteiger partial charge in [0.1, 0.15) is 5.78 Å². The van der Waals surface area contributed by atoms with E-state index in [-0.39, 0.29) is 11.7 Å². The van der Waals surface area contributed by atoms with E-state index in [1.807, 2.05) is 11.4 Å². The first-order valence-electron chi connectivity index (χ1n) is 5.35. The van der Waals surface area contributed by atoms with Crippen molar-refractivity contribution in [3.63, 3.8) is 0 Å². The summed E-state index contributed by atoms with van der Waals surface area (Å²) < 4.78 is 0. The molecule has 0 aromatic carbocycles. The molecule has 0 saturated heterocycles. The molecular formula is C12H17NO2S. The Balaban J connectivity index is 2.26. The number of nitrogens with zero attached hydrogens (tertiary/aromatic N) is 1. The Hall–Kier alpha value is -1.16. The molecule has 3 nitrogen and oxygen atoms in total. The first-order chi connectivity index (χ1) is 7.59. The average molecular weight is 239 g/mol. The van der Waals surface area contributed by atoms with Gasteiger partial charge in [-0.05, 0) is 24.8 Å². The van der Waals surface area contributed by atoms with Crippen molar-refractivity contribution in [2.24, 2.45) is 0 Å². The number of Topliss-reactive ketones (excluding diaryl/α,β-unsaturated/α-hetero) is 1. The van der Waals surface area contributed by atoms with E-state index in [4.69, 9.17) is 0 Å². The molecule has 4 heteroatoms. The van der Waals surface area contributed by atoms with Crippen molar-refractivity contribution in [2.45, 2.75) is 26.2 Å². The summed E-state index contributed by atoms with van der Waals surface area (Å²) in [7, 11) is 1.79. The van der Waals surface area contributed by atoms with Gasteiger partial charge in [0.15, 0.2) is 0 Å². The van der Waals surface area contributed by atoms with Crippen LogP contribution in [0.3, 0.4) is 0 Å². The van der Waals surface area contributed by atoms with Gasteiger partial charge in [-0.3, -0.25) is 4.79 Å². The van der Waals surface area contributed by atoms with Crippen LogP contribution < -0.4 is 0 Å². The van der Waals surface area contributed by atoms with E-state index >= 15 is 0 Å². The zero-order valence-corrected chi connectivity index (χ0v) is 10.5. The second-order valence-corrected chi connectivity index (χ2v) is 4.88. The zero-order valence-electron chi connectivity index (χ0n) is 9.73. The van der Waals surface area contributed by atoms with Gasteiger partial charge in [-0.1, -0.05) is 6.07 Å². The van der Waals surface area contributed by atoms with Gasteiger partial charge in [0.05, 0.1) is 0 Å². The molecule has 0 aliphatic carbocycles. The summed E-state index contributed by atoms with van der Waals surface area (Å²) in [6, 6.07) is 4.08. The fraction of sp³-hybridized carbons (Fsp3) is 0.500. The molecular weight excluding hydrogens is 222 g/mol. The van der Waals surface area contributed by atoms with Crippen molar-refractivity contribution in [1.82, 2.24) is 4.90 Å². The Labute approximate surface area is 100 Å². The summed E-state index contributed by atoms with van der Waals surface area (Å²) in [4.78, 5) is 25.3. The van der Waals surface area contributed by atoms with E-state index in [0.717, 1.165) is 13.0 Å². The number of rotatable bonds is 6. The molecule has 0 fully saturated rings. The van der Waals surface area contributed by atoms with E-state index in [1.54, 1.807) is 23.3 Å². The molecule has 0 aliphatic rings. The van der Waals surface area contributed by atoms with Crippen molar-refractivity contribution in [3.8, 4) is 0 Å². The first-order valence-corrected chi connectivity index (χ1v) is 6.23. The minimum atomic E-state index is 0.0479. The highest BCUT2D eigenvalue weighted by molar-refractivity contribution is 7.09. The highest BCUT2D eigenvalue weighted by atomic mass is 32.1. The van der Waals surface area contributed by atoms with Crippen LogP contribution in [0.25, 0.3) is 0 Å². The van der Waals surface area contributed by atoms with E-state index < -0.39 is 0 Å². The second-order valence-electron chi connectivity index (χ2n) is 3.85. The lowest BCUT2D eigenvalue weighted by atomic mass is 10.2. The van der Waals surface area contributed by atoms with Gasteiger partial charge < -0.3 is 9.69 Å². The van der Waals surface area contributed by atoms with Gasteiger partial charge in [0, 0.05) is 31.3 Å². The zero-order chi connectivity index (χ0) is 12.0. The van der Waals surface area contributed by atoms with E-state index in [1.165, 1.54) is 11.8 Å². The van der Waals surface area contributed by atoms with Crippen LogP contribution in [0.4, 0.5) is 0 Å². The molecule has 1 rings (SSSR count). The molecule has 0 saturated carbocycles. The van der Waals surface area contributed by atoms with Crippen molar-refractivity contribution < 1.29 is 9.59 Å². The van der Waals surface area contributed by atoms with Crippen LogP contribution in [0, 0.1) is 0 Å². The topological polar surface area (TPSA) is 37.4 Å². The lowest BCUT2D eigenvalue weighted by Crippen LogP contribution is -2.28. The molecule has 0 atom stereocenters. The van der Waals surface area contributed by atoms with Crippen LogP contribution >= 0.6 is 11.3 Å². The van der Waals surface area contributed by atoms with Gasteiger partial charge in [-0.2, -0.15) is 0 Å². The Morgan fingerprint density at radius 3 is 2.69 bits per heavy atom. The normalized spacial score (nSPS) is 10.1. The lowest BCUT2D eigenvalue weighted by molar-refractivity contribution is -0.131. The Kier molecular flexibility index (Phi) is 5.19. The van der Waals surface area contributed by atoms with Crippen molar-refractivity contribution in [1.29, 1.82) is 0 Å². The summed E-state index contributed by atoms with van der Waals surface area (Å²) in [6.45, 7) is 2.23. The van der Waals surface area contributed by atoms with Crippen molar-refractivity contribution in [3.05, 3.63) is 22.4 Å². The number of hydrogen-bond acceptors (Lipinski definition) is 3. The largest absolute Gasteiger partial charge is 0.345 e. The summed E-state index contributed by atoms with van der Waals surface area (Å²) in [6.07, 6.45) is 1.57. The van der Waals surface area contributed by atoms with Gasteiger partial charge in [0.2, 0.25) is 5.91 Å².